The van der Waals surface area contributed by atoms with Crippen LogP contribution in [0.4, 0.5) is 0 Å². The average Bonchev–Trinajstić information content (AvgIpc) is 2.13. The van der Waals surface area contributed by atoms with E-state index < -0.39 is 10.0 Å². The molecule has 0 radical (unpaired) electrons. The van der Waals surface area contributed by atoms with E-state index in [4.69, 9.17) is 5.14 Å². The van der Waals surface area contributed by atoms with E-state index in [1.165, 1.54) is 0 Å². The summed E-state index contributed by atoms with van der Waals surface area (Å²) in [6, 6.07) is 7.77. The maximum Gasteiger partial charge on any atom is 0.210 e. The first kappa shape index (κ1) is 12.6. The van der Waals surface area contributed by atoms with Gasteiger partial charge < -0.3 is 5.32 Å². The Bertz CT molecular complexity index is 420. The molecule has 0 saturated heterocycles. The molecule has 0 heterocycles. The van der Waals surface area contributed by atoms with Gasteiger partial charge in [-0.1, -0.05) is 34.1 Å². The van der Waals surface area contributed by atoms with Crippen molar-refractivity contribution in [1.82, 2.24) is 5.32 Å². The van der Waals surface area contributed by atoms with Crippen LogP contribution in [0.5, 0.6) is 0 Å². The van der Waals surface area contributed by atoms with Gasteiger partial charge in [0.15, 0.2) is 0 Å². The Labute approximate surface area is 98.0 Å². The van der Waals surface area contributed by atoms with Gasteiger partial charge in [0.2, 0.25) is 10.0 Å². The van der Waals surface area contributed by atoms with Crippen molar-refractivity contribution in [3.63, 3.8) is 0 Å². The molecule has 84 valence electrons. The van der Waals surface area contributed by atoms with E-state index in [0.717, 1.165) is 10.0 Å². The van der Waals surface area contributed by atoms with Crippen molar-refractivity contribution in [1.29, 1.82) is 0 Å². The van der Waals surface area contributed by atoms with Gasteiger partial charge in [-0.3, -0.25) is 0 Å². The van der Waals surface area contributed by atoms with Crippen LogP contribution in [-0.4, -0.2) is 20.7 Å². The number of primary sulfonamides is 1. The highest BCUT2D eigenvalue weighted by Crippen LogP contribution is 2.14. The van der Waals surface area contributed by atoms with Crippen LogP contribution < -0.4 is 10.5 Å². The summed E-state index contributed by atoms with van der Waals surface area (Å²) in [5, 5.41) is 7.88. The normalized spacial score (nSPS) is 11.6. The fourth-order valence-corrected chi connectivity index (χ4v) is 1.93. The van der Waals surface area contributed by atoms with Crippen molar-refractivity contribution in [2.24, 2.45) is 5.14 Å². The van der Waals surface area contributed by atoms with Crippen LogP contribution in [0, 0.1) is 0 Å². The molecule has 1 aromatic carbocycles. The molecule has 0 aliphatic rings. The summed E-state index contributed by atoms with van der Waals surface area (Å²) in [6.07, 6.45) is 0. The highest BCUT2D eigenvalue weighted by Gasteiger charge is 2.02. The third-order valence-corrected chi connectivity index (χ3v) is 3.38. The second-order valence-corrected chi connectivity index (χ2v) is 5.72. The van der Waals surface area contributed by atoms with Crippen LogP contribution >= 0.6 is 15.9 Å². The number of hydrogen-bond acceptors (Lipinski definition) is 3. The summed E-state index contributed by atoms with van der Waals surface area (Å²) in [4.78, 5) is 0. The van der Waals surface area contributed by atoms with Crippen LogP contribution in [-0.2, 0) is 16.6 Å². The van der Waals surface area contributed by atoms with E-state index in [2.05, 4.69) is 21.2 Å². The highest BCUT2D eigenvalue weighted by molar-refractivity contribution is 9.10. The van der Waals surface area contributed by atoms with Crippen LogP contribution in [0.3, 0.4) is 0 Å². The Morgan fingerprint density at radius 3 is 2.60 bits per heavy atom. The molecule has 0 amide bonds. The van der Waals surface area contributed by atoms with Crippen molar-refractivity contribution in [2.45, 2.75) is 6.54 Å². The lowest BCUT2D eigenvalue weighted by atomic mass is 10.2. The van der Waals surface area contributed by atoms with Crippen LogP contribution in [0.2, 0.25) is 0 Å². The summed E-state index contributed by atoms with van der Waals surface area (Å²) in [5.41, 5.74) is 1.09. The Kier molecular flexibility index (Phi) is 4.72. The monoisotopic (exact) mass is 292 g/mol. The molecule has 0 unspecified atom stereocenters. The van der Waals surface area contributed by atoms with Gasteiger partial charge in [0.1, 0.15) is 0 Å². The minimum atomic E-state index is -3.36. The van der Waals surface area contributed by atoms with Crippen molar-refractivity contribution in [3.8, 4) is 0 Å². The zero-order chi connectivity index (χ0) is 11.3. The lowest BCUT2D eigenvalue weighted by molar-refractivity contribution is 0.592. The topological polar surface area (TPSA) is 72.2 Å². The molecule has 0 fully saturated rings. The molecule has 0 bridgehead atoms. The molecule has 6 heteroatoms. The molecule has 0 spiro atoms. The number of halogens is 1. The molecule has 0 aromatic heterocycles. The van der Waals surface area contributed by atoms with Gasteiger partial charge in [-0.25, -0.2) is 13.6 Å². The number of sulfonamides is 1. The number of benzene rings is 1. The van der Waals surface area contributed by atoms with Crippen LogP contribution in [0.15, 0.2) is 28.7 Å². The van der Waals surface area contributed by atoms with Gasteiger partial charge in [0.25, 0.3) is 0 Å². The van der Waals surface area contributed by atoms with Gasteiger partial charge in [-0.2, -0.15) is 0 Å². The van der Waals surface area contributed by atoms with Crippen molar-refractivity contribution < 1.29 is 8.42 Å². The van der Waals surface area contributed by atoms with Crippen molar-refractivity contribution >= 4 is 26.0 Å². The van der Waals surface area contributed by atoms with Gasteiger partial charge in [0.05, 0.1) is 5.75 Å². The molecular formula is C9H13BrN2O2S. The van der Waals surface area contributed by atoms with Crippen molar-refractivity contribution in [3.05, 3.63) is 34.3 Å². The maximum absolute atomic E-state index is 10.6. The first-order chi connectivity index (χ1) is 6.99. The van der Waals surface area contributed by atoms with Crippen LogP contribution in [0.25, 0.3) is 0 Å². The number of rotatable bonds is 5. The van der Waals surface area contributed by atoms with E-state index in [0.29, 0.717) is 13.1 Å². The predicted molar refractivity (Wildman–Crippen MR) is 63.8 cm³/mol. The molecular weight excluding hydrogens is 280 g/mol. The highest BCUT2D eigenvalue weighted by atomic mass is 79.9. The predicted octanol–water partition coefficient (Wildman–Crippen LogP) is 0.827. The first-order valence-corrected chi connectivity index (χ1v) is 6.94. The standard InChI is InChI=1S/C9H13BrN2O2S/c10-9-4-2-1-3-8(9)7-12-5-6-15(11,13)14/h1-4,12H,5-7H2,(H2,11,13,14). The SMILES string of the molecule is NS(=O)(=O)CCNCc1ccccc1Br. The molecule has 0 atom stereocenters. The van der Waals surface area contributed by atoms with E-state index in [1.807, 2.05) is 24.3 Å². The van der Waals surface area contributed by atoms with E-state index in [1.54, 1.807) is 0 Å². The summed E-state index contributed by atoms with van der Waals surface area (Å²) in [7, 11) is -3.36. The number of hydrogen-bond donors (Lipinski definition) is 2. The third-order valence-electron chi connectivity index (χ3n) is 1.84. The summed E-state index contributed by atoms with van der Waals surface area (Å²) >= 11 is 3.40. The lowest BCUT2D eigenvalue weighted by Crippen LogP contribution is -2.26. The average molecular weight is 293 g/mol. The first-order valence-electron chi connectivity index (χ1n) is 4.43. The van der Waals surface area contributed by atoms with E-state index in [-0.39, 0.29) is 5.75 Å². The zero-order valence-corrected chi connectivity index (χ0v) is 10.5. The van der Waals surface area contributed by atoms with Crippen molar-refractivity contribution in [2.75, 3.05) is 12.3 Å². The second-order valence-electron chi connectivity index (χ2n) is 3.14. The largest absolute Gasteiger partial charge is 0.312 e. The molecule has 3 N–H and O–H groups in total. The smallest absolute Gasteiger partial charge is 0.210 e. The van der Waals surface area contributed by atoms with Gasteiger partial charge >= 0.3 is 0 Å². The minimum Gasteiger partial charge on any atom is -0.312 e. The Morgan fingerprint density at radius 1 is 1.33 bits per heavy atom. The Hall–Kier alpha value is -0.430. The quantitative estimate of drug-likeness (QED) is 0.790. The molecule has 0 aliphatic carbocycles. The number of nitrogens with two attached hydrogens (primary N) is 1. The van der Waals surface area contributed by atoms with E-state index >= 15 is 0 Å². The fourth-order valence-electron chi connectivity index (χ4n) is 1.08. The summed E-state index contributed by atoms with van der Waals surface area (Å²) in [5.74, 6) is -0.0442. The van der Waals surface area contributed by atoms with E-state index in [9.17, 15) is 8.42 Å². The molecule has 0 saturated carbocycles. The fraction of sp³-hybridized carbons (Fsp3) is 0.333. The molecule has 1 rings (SSSR count). The Balaban J connectivity index is 2.36. The maximum atomic E-state index is 10.6. The van der Waals surface area contributed by atoms with Gasteiger partial charge in [0, 0.05) is 17.6 Å². The molecule has 4 nitrogen and oxygen atoms in total. The molecule has 0 aliphatic heterocycles. The molecule has 1 aromatic rings. The summed E-state index contributed by atoms with van der Waals surface area (Å²) < 4.78 is 22.3. The minimum absolute atomic E-state index is 0.0442. The zero-order valence-electron chi connectivity index (χ0n) is 8.11. The lowest BCUT2D eigenvalue weighted by Gasteiger charge is -2.05. The molecule has 15 heavy (non-hydrogen) atoms. The van der Waals surface area contributed by atoms with Crippen LogP contribution in [0.1, 0.15) is 5.56 Å². The van der Waals surface area contributed by atoms with Gasteiger partial charge in [-0.05, 0) is 11.6 Å². The Morgan fingerprint density at radius 2 is 2.00 bits per heavy atom. The summed E-state index contributed by atoms with van der Waals surface area (Å²) in [6.45, 7) is 0.983. The third kappa shape index (κ3) is 5.27. The van der Waals surface area contributed by atoms with Gasteiger partial charge in [-0.15, -0.1) is 0 Å². The second kappa shape index (κ2) is 5.60. The number of nitrogens with one attached hydrogen (secondary N) is 1.